The summed E-state index contributed by atoms with van der Waals surface area (Å²) in [5.41, 5.74) is -1.25. The fourth-order valence-electron chi connectivity index (χ4n) is 1.78. The van der Waals surface area contributed by atoms with E-state index in [2.05, 4.69) is 10.3 Å². The smallest absolute Gasteiger partial charge is 0.321 e. The van der Waals surface area contributed by atoms with Crippen molar-refractivity contribution in [2.24, 2.45) is 0 Å². The molecule has 110 valence electrons. The van der Waals surface area contributed by atoms with E-state index in [9.17, 15) is 22.8 Å². The summed E-state index contributed by atoms with van der Waals surface area (Å²) in [6.07, 6.45) is -4.49. The average Bonchev–Trinajstić information content (AvgIpc) is 2.39. The van der Waals surface area contributed by atoms with E-state index in [0.29, 0.717) is 0 Å². The first-order valence-corrected chi connectivity index (χ1v) is 5.96. The van der Waals surface area contributed by atoms with Crippen molar-refractivity contribution >= 4 is 11.6 Å². The highest BCUT2D eigenvalue weighted by atomic mass is 19.4. The molecule has 0 aliphatic heterocycles. The molecule has 21 heavy (non-hydrogen) atoms. The lowest BCUT2D eigenvalue weighted by molar-refractivity contribution is -0.138. The van der Waals surface area contributed by atoms with E-state index < -0.39 is 23.2 Å². The van der Waals surface area contributed by atoms with Gasteiger partial charge in [-0.1, -0.05) is 12.1 Å². The number of benzene rings is 1. The van der Waals surface area contributed by atoms with Crippen molar-refractivity contribution in [2.75, 3.05) is 5.32 Å². The van der Waals surface area contributed by atoms with Crippen molar-refractivity contribution in [3.05, 3.63) is 63.6 Å². The van der Waals surface area contributed by atoms with Gasteiger partial charge in [0.05, 0.1) is 5.56 Å². The first-order valence-electron chi connectivity index (χ1n) is 5.96. The predicted octanol–water partition coefficient (Wildman–Crippen LogP) is 2.95. The van der Waals surface area contributed by atoms with Crippen molar-refractivity contribution in [3.63, 3.8) is 0 Å². The van der Waals surface area contributed by atoms with Crippen LogP contribution in [0.2, 0.25) is 0 Å². The SMILES string of the molecule is Cc1ccc(NC(=O)c2cccc(=O)[nH]2)cc1C(F)(F)F. The van der Waals surface area contributed by atoms with E-state index in [1.165, 1.54) is 37.3 Å². The molecule has 0 saturated heterocycles. The zero-order chi connectivity index (χ0) is 15.6. The van der Waals surface area contributed by atoms with Gasteiger partial charge < -0.3 is 10.3 Å². The zero-order valence-corrected chi connectivity index (χ0v) is 10.9. The molecule has 1 aromatic carbocycles. The third-order valence-corrected chi connectivity index (χ3v) is 2.81. The van der Waals surface area contributed by atoms with Gasteiger partial charge >= 0.3 is 6.18 Å². The lowest BCUT2D eigenvalue weighted by Gasteiger charge is -2.12. The topological polar surface area (TPSA) is 62.0 Å². The molecule has 0 bridgehead atoms. The van der Waals surface area contributed by atoms with Crippen molar-refractivity contribution in [3.8, 4) is 0 Å². The van der Waals surface area contributed by atoms with E-state index >= 15 is 0 Å². The molecule has 1 heterocycles. The quantitative estimate of drug-likeness (QED) is 0.895. The summed E-state index contributed by atoms with van der Waals surface area (Å²) >= 11 is 0. The van der Waals surface area contributed by atoms with Crippen LogP contribution in [-0.4, -0.2) is 10.9 Å². The van der Waals surface area contributed by atoms with Gasteiger partial charge in [0.1, 0.15) is 5.69 Å². The summed E-state index contributed by atoms with van der Waals surface area (Å²) < 4.78 is 38.3. The number of carbonyl (C=O) groups is 1. The molecule has 7 heteroatoms. The van der Waals surface area contributed by atoms with E-state index in [1.807, 2.05) is 0 Å². The number of hydrogen-bond donors (Lipinski definition) is 2. The second kappa shape index (κ2) is 5.43. The number of aromatic nitrogens is 1. The summed E-state index contributed by atoms with van der Waals surface area (Å²) in [6.45, 7) is 1.34. The van der Waals surface area contributed by atoms with Crippen LogP contribution in [0.5, 0.6) is 0 Å². The van der Waals surface area contributed by atoms with Crippen LogP contribution in [-0.2, 0) is 6.18 Å². The van der Waals surface area contributed by atoms with Gasteiger partial charge in [-0.15, -0.1) is 0 Å². The van der Waals surface area contributed by atoms with Gasteiger partial charge in [0.25, 0.3) is 5.91 Å². The standard InChI is InChI=1S/C14H11F3N2O2/c1-8-5-6-9(7-10(8)14(15,16)17)18-13(21)11-3-2-4-12(20)19-11/h2-7H,1H3,(H,18,21)(H,19,20). The van der Waals surface area contributed by atoms with Crippen LogP contribution in [0.1, 0.15) is 21.6 Å². The fourth-order valence-corrected chi connectivity index (χ4v) is 1.78. The number of H-pyrrole nitrogens is 1. The predicted molar refractivity (Wildman–Crippen MR) is 71.2 cm³/mol. The normalized spacial score (nSPS) is 11.2. The molecule has 2 aromatic rings. The van der Waals surface area contributed by atoms with Crippen LogP contribution < -0.4 is 10.9 Å². The lowest BCUT2D eigenvalue weighted by atomic mass is 10.1. The summed E-state index contributed by atoms with van der Waals surface area (Å²) in [5, 5.41) is 2.32. The van der Waals surface area contributed by atoms with Gasteiger partial charge in [-0.3, -0.25) is 9.59 Å². The van der Waals surface area contributed by atoms with Gasteiger partial charge in [0, 0.05) is 11.8 Å². The molecule has 0 spiro atoms. The molecular weight excluding hydrogens is 285 g/mol. The highest BCUT2D eigenvalue weighted by molar-refractivity contribution is 6.02. The van der Waals surface area contributed by atoms with Crippen molar-refractivity contribution < 1.29 is 18.0 Å². The second-order valence-corrected chi connectivity index (χ2v) is 4.41. The number of halogens is 3. The molecule has 1 aromatic heterocycles. The number of hydrogen-bond acceptors (Lipinski definition) is 2. The Hall–Kier alpha value is -2.57. The molecule has 0 radical (unpaired) electrons. The maximum Gasteiger partial charge on any atom is 0.416 e. The largest absolute Gasteiger partial charge is 0.416 e. The maximum absolute atomic E-state index is 12.8. The average molecular weight is 296 g/mol. The molecular formula is C14H11F3N2O2. The summed E-state index contributed by atoms with van der Waals surface area (Å²) in [5.74, 6) is -0.690. The van der Waals surface area contributed by atoms with Crippen LogP contribution in [0.25, 0.3) is 0 Å². The molecule has 0 aliphatic carbocycles. The van der Waals surface area contributed by atoms with Gasteiger partial charge in [-0.2, -0.15) is 13.2 Å². The highest BCUT2D eigenvalue weighted by Gasteiger charge is 2.32. The van der Waals surface area contributed by atoms with Crippen LogP contribution >= 0.6 is 0 Å². The second-order valence-electron chi connectivity index (χ2n) is 4.41. The van der Waals surface area contributed by atoms with Crippen LogP contribution in [0.3, 0.4) is 0 Å². The lowest BCUT2D eigenvalue weighted by Crippen LogP contribution is -2.18. The monoisotopic (exact) mass is 296 g/mol. The maximum atomic E-state index is 12.8. The molecule has 0 saturated carbocycles. The third-order valence-electron chi connectivity index (χ3n) is 2.81. The number of amides is 1. The zero-order valence-electron chi connectivity index (χ0n) is 10.9. The van der Waals surface area contributed by atoms with E-state index in [-0.39, 0.29) is 16.9 Å². The summed E-state index contributed by atoms with van der Waals surface area (Å²) in [6, 6.07) is 7.45. The molecule has 2 N–H and O–H groups in total. The number of alkyl halides is 3. The minimum Gasteiger partial charge on any atom is -0.321 e. The Morgan fingerprint density at radius 3 is 2.52 bits per heavy atom. The Labute approximate surface area is 117 Å². The Morgan fingerprint density at radius 2 is 1.90 bits per heavy atom. The molecule has 1 amide bonds. The van der Waals surface area contributed by atoms with Gasteiger partial charge in [-0.05, 0) is 30.7 Å². The van der Waals surface area contributed by atoms with Crippen molar-refractivity contribution in [1.29, 1.82) is 0 Å². The molecule has 0 fully saturated rings. The van der Waals surface area contributed by atoms with E-state index in [0.717, 1.165) is 6.07 Å². The molecule has 0 aliphatic rings. The van der Waals surface area contributed by atoms with Crippen LogP contribution in [0.4, 0.5) is 18.9 Å². The fraction of sp³-hybridized carbons (Fsp3) is 0.143. The van der Waals surface area contributed by atoms with Crippen LogP contribution in [0, 0.1) is 6.92 Å². The molecule has 0 atom stereocenters. The highest BCUT2D eigenvalue weighted by Crippen LogP contribution is 2.33. The molecule has 2 rings (SSSR count). The minimum atomic E-state index is -4.49. The third kappa shape index (κ3) is 3.50. The number of aromatic amines is 1. The van der Waals surface area contributed by atoms with Crippen LogP contribution in [0.15, 0.2) is 41.2 Å². The Balaban J connectivity index is 2.28. The first-order chi connectivity index (χ1) is 9.77. The van der Waals surface area contributed by atoms with Gasteiger partial charge in [-0.25, -0.2) is 0 Å². The summed E-state index contributed by atoms with van der Waals surface area (Å²) in [7, 11) is 0. The number of aryl methyl sites for hydroxylation is 1. The van der Waals surface area contributed by atoms with Gasteiger partial charge in [0.15, 0.2) is 0 Å². The minimum absolute atomic E-state index is 0.00243. The van der Waals surface area contributed by atoms with Gasteiger partial charge in [0.2, 0.25) is 5.56 Å². The van der Waals surface area contributed by atoms with E-state index in [4.69, 9.17) is 0 Å². The first kappa shape index (κ1) is 14.8. The number of pyridine rings is 1. The molecule has 4 nitrogen and oxygen atoms in total. The number of nitrogens with one attached hydrogen (secondary N) is 2. The van der Waals surface area contributed by atoms with E-state index in [1.54, 1.807) is 0 Å². The number of carbonyl (C=O) groups excluding carboxylic acids is 1. The number of rotatable bonds is 2. The Morgan fingerprint density at radius 1 is 1.19 bits per heavy atom. The molecule has 0 unspecified atom stereocenters. The summed E-state index contributed by atoms with van der Waals surface area (Å²) in [4.78, 5) is 25.2. The van der Waals surface area contributed by atoms with Crippen molar-refractivity contribution in [2.45, 2.75) is 13.1 Å². The number of anilines is 1. The van der Waals surface area contributed by atoms with Crippen molar-refractivity contribution in [1.82, 2.24) is 4.98 Å². The Bertz CT molecular complexity index is 735. The Kier molecular flexibility index (Phi) is 3.84.